The molecule has 0 heterocycles. The van der Waals surface area contributed by atoms with Crippen molar-refractivity contribution in [3.8, 4) is 0 Å². The van der Waals surface area contributed by atoms with Gasteiger partial charge in [0.25, 0.3) is 0 Å². The third kappa shape index (κ3) is 8.48. The second kappa shape index (κ2) is 12.4. The molecular weight excluding hydrogens is 394 g/mol. The van der Waals surface area contributed by atoms with Gasteiger partial charge >= 0.3 is 12.1 Å². The number of primary amides is 1. The van der Waals surface area contributed by atoms with Crippen LogP contribution in [0.5, 0.6) is 0 Å². The normalized spacial score (nSPS) is 14.5. The van der Waals surface area contributed by atoms with Gasteiger partial charge in [-0.2, -0.15) is 0 Å². The molecule has 3 amide bonds. The molecule has 1 aromatic rings. The van der Waals surface area contributed by atoms with E-state index in [2.05, 4.69) is 10.6 Å². The van der Waals surface area contributed by atoms with Gasteiger partial charge in [-0.05, 0) is 25.3 Å². The molecule has 0 unspecified atom stereocenters. The van der Waals surface area contributed by atoms with Crippen LogP contribution in [0.4, 0.5) is 4.79 Å². The minimum Gasteiger partial charge on any atom is -0.466 e. The second-order valence-electron chi connectivity index (χ2n) is 6.80. The smallest absolute Gasteiger partial charge is 0.408 e. The summed E-state index contributed by atoms with van der Waals surface area (Å²) in [6, 6.07) is 6.29. The first kappa shape index (κ1) is 24.9. The van der Waals surface area contributed by atoms with Gasteiger partial charge in [0.2, 0.25) is 11.8 Å². The number of hydrogen-bond acceptors (Lipinski definition) is 7. The first-order chi connectivity index (χ1) is 14.1. The number of carbonyl (C=O) groups is 4. The molecule has 0 aromatic heterocycles. The number of nitrogens with one attached hydrogen (secondary N) is 2. The molecule has 166 valence electrons. The number of aliphatic hydroxyl groups excluding tert-OH is 1. The lowest BCUT2D eigenvalue weighted by molar-refractivity contribution is -0.145. The molecular formula is C20H29N3O7. The van der Waals surface area contributed by atoms with E-state index in [4.69, 9.17) is 15.2 Å². The molecule has 30 heavy (non-hydrogen) atoms. The molecule has 4 atom stereocenters. The molecule has 1 aromatic carbocycles. The highest BCUT2D eigenvalue weighted by atomic mass is 16.5. The van der Waals surface area contributed by atoms with Crippen molar-refractivity contribution in [3.63, 3.8) is 0 Å². The van der Waals surface area contributed by atoms with Crippen molar-refractivity contribution in [3.05, 3.63) is 35.9 Å². The molecule has 5 N–H and O–H groups in total. The molecule has 10 nitrogen and oxygen atoms in total. The van der Waals surface area contributed by atoms with Crippen molar-refractivity contribution in [1.29, 1.82) is 0 Å². The second-order valence-corrected chi connectivity index (χ2v) is 6.80. The van der Waals surface area contributed by atoms with Gasteiger partial charge in [0, 0.05) is 0 Å². The quantitative estimate of drug-likeness (QED) is 0.371. The first-order valence-electron chi connectivity index (χ1n) is 9.56. The number of alkyl carbamates (subject to hydrolysis) is 1. The zero-order chi connectivity index (χ0) is 22.7. The Balaban J connectivity index is 2.72. The molecule has 0 aliphatic heterocycles. The van der Waals surface area contributed by atoms with Crippen molar-refractivity contribution in [2.24, 2.45) is 11.7 Å². The van der Waals surface area contributed by atoms with Gasteiger partial charge < -0.3 is 30.9 Å². The highest BCUT2D eigenvalue weighted by molar-refractivity contribution is 5.91. The monoisotopic (exact) mass is 423 g/mol. The summed E-state index contributed by atoms with van der Waals surface area (Å²) in [5.41, 5.74) is 6.09. The van der Waals surface area contributed by atoms with Gasteiger partial charge in [0.05, 0.1) is 19.1 Å². The maximum absolute atomic E-state index is 12.6. The SMILES string of the molecule is CCOC(=O)C[C@@H](C)[C@H](NC(=O)[C@@H](NC(=O)OCc1ccccc1)[C@@H](C)O)C(N)=O. The lowest BCUT2D eigenvalue weighted by Crippen LogP contribution is -2.58. The van der Waals surface area contributed by atoms with E-state index in [9.17, 15) is 24.3 Å². The van der Waals surface area contributed by atoms with Crippen LogP contribution in [-0.2, 0) is 30.5 Å². The molecule has 0 aliphatic rings. The zero-order valence-corrected chi connectivity index (χ0v) is 17.3. The Bertz CT molecular complexity index is 724. The third-order valence-corrected chi connectivity index (χ3v) is 4.22. The molecule has 10 heteroatoms. The number of nitrogens with two attached hydrogens (primary N) is 1. The van der Waals surface area contributed by atoms with Gasteiger partial charge in [-0.15, -0.1) is 0 Å². The molecule has 0 fully saturated rings. The average molecular weight is 423 g/mol. The Hall–Kier alpha value is -3.14. The summed E-state index contributed by atoms with van der Waals surface area (Å²) >= 11 is 0. The molecule has 0 spiro atoms. The number of aliphatic hydroxyl groups is 1. The predicted molar refractivity (Wildman–Crippen MR) is 107 cm³/mol. The lowest BCUT2D eigenvalue weighted by Gasteiger charge is -2.26. The maximum Gasteiger partial charge on any atom is 0.408 e. The van der Waals surface area contributed by atoms with Gasteiger partial charge in [-0.25, -0.2) is 4.79 Å². The van der Waals surface area contributed by atoms with Crippen LogP contribution >= 0.6 is 0 Å². The number of rotatable bonds is 11. The molecule has 0 radical (unpaired) electrons. The van der Waals surface area contributed by atoms with Crippen molar-refractivity contribution in [1.82, 2.24) is 10.6 Å². The fraction of sp³-hybridized carbons (Fsp3) is 0.500. The van der Waals surface area contributed by atoms with Crippen LogP contribution in [0.3, 0.4) is 0 Å². The minimum atomic E-state index is -1.40. The Morgan fingerprint density at radius 1 is 1.03 bits per heavy atom. The summed E-state index contributed by atoms with van der Waals surface area (Å²) < 4.78 is 9.88. The van der Waals surface area contributed by atoms with E-state index in [1.165, 1.54) is 6.92 Å². The summed E-state index contributed by atoms with van der Waals surface area (Å²) in [5.74, 6) is -2.91. The molecule has 0 bridgehead atoms. The number of benzene rings is 1. The standard InChI is InChI=1S/C20H29N3O7/c1-4-29-15(25)10-12(2)16(18(21)26)22-19(27)17(13(3)24)23-20(28)30-11-14-8-6-5-7-9-14/h5-9,12-13,16-17,24H,4,10-11H2,1-3H3,(H2,21,26)(H,22,27)(H,23,28)/t12-,13-,16+,17+/m1/s1. The van der Waals surface area contributed by atoms with E-state index in [-0.39, 0.29) is 19.6 Å². The number of ether oxygens (including phenoxy) is 2. The van der Waals surface area contributed by atoms with Gasteiger partial charge in [0.1, 0.15) is 18.7 Å². The minimum absolute atomic E-state index is 0.0265. The van der Waals surface area contributed by atoms with Gasteiger partial charge in [0.15, 0.2) is 0 Å². The van der Waals surface area contributed by atoms with E-state index < -0.39 is 48.0 Å². The molecule has 0 aliphatic carbocycles. The van der Waals surface area contributed by atoms with Gasteiger partial charge in [-0.3, -0.25) is 14.4 Å². The Kier molecular flexibility index (Phi) is 10.3. The van der Waals surface area contributed by atoms with Crippen molar-refractivity contribution in [2.45, 2.75) is 52.0 Å². The number of esters is 1. The zero-order valence-electron chi connectivity index (χ0n) is 17.3. The highest BCUT2D eigenvalue weighted by Gasteiger charge is 2.32. The van der Waals surface area contributed by atoms with Crippen LogP contribution in [0.25, 0.3) is 0 Å². The van der Waals surface area contributed by atoms with E-state index in [0.29, 0.717) is 0 Å². The molecule has 0 saturated carbocycles. The highest BCUT2D eigenvalue weighted by Crippen LogP contribution is 2.11. The molecule has 0 saturated heterocycles. The van der Waals surface area contributed by atoms with E-state index in [1.54, 1.807) is 38.1 Å². The van der Waals surface area contributed by atoms with E-state index in [1.807, 2.05) is 6.07 Å². The topological polar surface area (TPSA) is 157 Å². The Morgan fingerprint density at radius 3 is 2.20 bits per heavy atom. The lowest BCUT2D eigenvalue weighted by atomic mass is 9.97. The summed E-state index contributed by atoms with van der Waals surface area (Å²) in [5, 5.41) is 14.5. The van der Waals surface area contributed by atoms with Crippen LogP contribution in [0.2, 0.25) is 0 Å². The largest absolute Gasteiger partial charge is 0.466 e. The van der Waals surface area contributed by atoms with Crippen LogP contribution in [0, 0.1) is 5.92 Å². The summed E-state index contributed by atoms with van der Waals surface area (Å²) in [4.78, 5) is 48.0. The van der Waals surface area contributed by atoms with Crippen molar-refractivity contribution < 1.29 is 33.8 Å². The summed E-state index contributed by atoms with van der Waals surface area (Å²) in [6.07, 6.45) is -2.36. The fourth-order valence-electron chi connectivity index (χ4n) is 2.63. The molecule has 1 rings (SSSR count). The number of amides is 3. The van der Waals surface area contributed by atoms with Crippen LogP contribution in [0.15, 0.2) is 30.3 Å². The van der Waals surface area contributed by atoms with Crippen molar-refractivity contribution >= 4 is 23.9 Å². The van der Waals surface area contributed by atoms with Crippen LogP contribution < -0.4 is 16.4 Å². The first-order valence-corrected chi connectivity index (χ1v) is 9.56. The van der Waals surface area contributed by atoms with Crippen LogP contribution in [0.1, 0.15) is 32.8 Å². The fourth-order valence-corrected chi connectivity index (χ4v) is 2.63. The maximum atomic E-state index is 12.6. The predicted octanol–water partition coefficient (Wildman–Crippen LogP) is 0.222. The van der Waals surface area contributed by atoms with Gasteiger partial charge in [-0.1, -0.05) is 37.3 Å². The van der Waals surface area contributed by atoms with E-state index >= 15 is 0 Å². The summed E-state index contributed by atoms with van der Waals surface area (Å²) in [6.45, 7) is 4.64. The Morgan fingerprint density at radius 2 is 1.67 bits per heavy atom. The summed E-state index contributed by atoms with van der Waals surface area (Å²) in [7, 11) is 0. The average Bonchev–Trinajstić information content (AvgIpc) is 2.68. The van der Waals surface area contributed by atoms with E-state index in [0.717, 1.165) is 5.56 Å². The number of carbonyl (C=O) groups excluding carboxylic acids is 4. The Labute approximate surface area is 175 Å². The number of hydrogen-bond donors (Lipinski definition) is 4. The third-order valence-electron chi connectivity index (χ3n) is 4.22. The van der Waals surface area contributed by atoms with Crippen LogP contribution in [-0.4, -0.2) is 53.8 Å². The van der Waals surface area contributed by atoms with Crippen molar-refractivity contribution in [2.75, 3.05) is 6.61 Å².